The summed E-state index contributed by atoms with van der Waals surface area (Å²) >= 11 is 0. The van der Waals surface area contributed by atoms with Crippen LogP contribution in [-0.4, -0.2) is 37.3 Å². The molecule has 0 aliphatic carbocycles. The standard InChI is InChI=1S/C10H14FN3O/c11-8-1-2-10(13-5-8)14-6-9-7-15-4-3-12-9/h1-2,5,9,12H,3-4,6-7H2,(H,13,14). The van der Waals surface area contributed by atoms with Gasteiger partial charge in [0.25, 0.3) is 0 Å². The molecule has 1 fully saturated rings. The van der Waals surface area contributed by atoms with Crippen LogP contribution in [0.15, 0.2) is 18.3 Å². The Bertz CT molecular complexity index is 298. The van der Waals surface area contributed by atoms with Crippen molar-refractivity contribution in [2.24, 2.45) is 0 Å². The Balaban J connectivity index is 1.79. The molecule has 5 heteroatoms. The summed E-state index contributed by atoms with van der Waals surface area (Å²) in [7, 11) is 0. The van der Waals surface area contributed by atoms with Gasteiger partial charge in [0.1, 0.15) is 11.6 Å². The highest BCUT2D eigenvalue weighted by Crippen LogP contribution is 2.03. The Kier molecular flexibility index (Phi) is 3.47. The van der Waals surface area contributed by atoms with E-state index in [1.807, 2.05) is 0 Å². The summed E-state index contributed by atoms with van der Waals surface area (Å²) in [4.78, 5) is 3.91. The molecule has 1 saturated heterocycles. The number of hydrogen-bond acceptors (Lipinski definition) is 4. The summed E-state index contributed by atoms with van der Waals surface area (Å²) in [5, 5.41) is 6.43. The second kappa shape index (κ2) is 5.04. The zero-order valence-corrected chi connectivity index (χ0v) is 8.37. The van der Waals surface area contributed by atoms with Crippen LogP contribution in [0.4, 0.5) is 10.2 Å². The van der Waals surface area contributed by atoms with Crippen LogP contribution >= 0.6 is 0 Å². The molecule has 15 heavy (non-hydrogen) atoms. The van der Waals surface area contributed by atoms with E-state index in [9.17, 15) is 4.39 Å². The minimum absolute atomic E-state index is 0.297. The fourth-order valence-corrected chi connectivity index (χ4v) is 1.46. The van der Waals surface area contributed by atoms with Gasteiger partial charge in [0.2, 0.25) is 0 Å². The quantitative estimate of drug-likeness (QED) is 0.769. The number of hydrogen-bond donors (Lipinski definition) is 2. The van der Waals surface area contributed by atoms with Gasteiger partial charge in [0.15, 0.2) is 0 Å². The number of pyridine rings is 1. The molecule has 0 radical (unpaired) electrons. The fourth-order valence-electron chi connectivity index (χ4n) is 1.46. The zero-order chi connectivity index (χ0) is 10.5. The highest BCUT2D eigenvalue weighted by Gasteiger charge is 2.12. The van der Waals surface area contributed by atoms with E-state index in [0.717, 1.165) is 19.7 Å². The maximum Gasteiger partial charge on any atom is 0.141 e. The lowest BCUT2D eigenvalue weighted by molar-refractivity contribution is 0.0806. The third-order valence-electron chi connectivity index (χ3n) is 2.26. The molecule has 4 nitrogen and oxygen atoms in total. The van der Waals surface area contributed by atoms with Gasteiger partial charge in [-0.05, 0) is 12.1 Å². The maximum absolute atomic E-state index is 12.6. The van der Waals surface area contributed by atoms with E-state index in [4.69, 9.17) is 4.74 Å². The molecule has 1 aliphatic rings. The smallest absolute Gasteiger partial charge is 0.141 e. The molecule has 82 valence electrons. The first kappa shape index (κ1) is 10.3. The molecule has 0 amide bonds. The topological polar surface area (TPSA) is 46.2 Å². The van der Waals surface area contributed by atoms with E-state index in [1.165, 1.54) is 12.3 Å². The first-order valence-corrected chi connectivity index (χ1v) is 5.01. The molecular formula is C10H14FN3O. The molecule has 0 aromatic carbocycles. The Morgan fingerprint density at radius 2 is 2.53 bits per heavy atom. The summed E-state index contributed by atoms with van der Waals surface area (Å²) in [6, 6.07) is 3.31. The van der Waals surface area contributed by atoms with Crippen LogP contribution in [0.2, 0.25) is 0 Å². The molecule has 1 aromatic rings. The van der Waals surface area contributed by atoms with Gasteiger partial charge in [-0.3, -0.25) is 0 Å². The van der Waals surface area contributed by atoms with Gasteiger partial charge in [-0.2, -0.15) is 0 Å². The monoisotopic (exact) mass is 211 g/mol. The Labute approximate surface area is 87.8 Å². The van der Waals surface area contributed by atoms with Crippen molar-refractivity contribution >= 4 is 5.82 Å². The van der Waals surface area contributed by atoms with Crippen LogP contribution in [0, 0.1) is 5.82 Å². The maximum atomic E-state index is 12.6. The molecule has 2 heterocycles. The summed E-state index contributed by atoms with van der Waals surface area (Å²) < 4.78 is 17.9. The number of morpholine rings is 1. The van der Waals surface area contributed by atoms with Crippen LogP contribution in [-0.2, 0) is 4.74 Å². The van der Waals surface area contributed by atoms with Crippen molar-refractivity contribution in [3.8, 4) is 0 Å². The van der Waals surface area contributed by atoms with Crippen LogP contribution < -0.4 is 10.6 Å². The van der Waals surface area contributed by atoms with Crippen molar-refractivity contribution in [1.29, 1.82) is 0 Å². The zero-order valence-electron chi connectivity index (χ0n) is 8.37. The molecule has 2 rings (SSSR count). The number of ether oxygens (including phenoxy) is 1. The van der Waals surface area contributed by atoms with Gasteiger partial charge in [-0.1, -0.05) is 0 Å². The Hall–Kier alpha value is -1.20. The normalized spacial score (nSPS) is 21.3. The van der Waals surface area contributed by atoms with Gasteiger partial charge in [0.05, 0.1) is 19.4 Å². The van der Waals surface area contributed by atoms with E-state index in [-0.39, 0.29) is 5.82 Å². The van der Waals surface area contributed by atoms with Gasteiger partial charge in [-0.25, -0.2) is 9.37 Å². The van der Waals surface area contributed by atoms with Crippen molar-refractivity contribution in [2.45, 2.75) is 6.04 Å². The molecule has 2 N–H and O–H groups in total. The van der Waals surface area contributed by atoms with Crippen LogP contribution in [0.5, 0.6) is 0 Å². The number of aromatic nitrogens is 1. The second-order valence-electron chi connectivity index (χ2n) is 3.47. The number of nitrogens with zero attached hydrogens (tertiary/aromatic N) is 1. The highest BCUT2D eigenvalue weighted by atomic mass is 19.1. The van der Waals surface area contributed by atoms with Crippen molar-refractivity contribution in [2.75, 3.05) is 31.6 Å². The summed E-state index contributed by atoms with van der Waals surface area (Å²) in [5.74, 6) is 0.364. The predicted octanol–water partition coefficient (Wildman–Crippen LogP) is 0.621. The molecule has 0 spiro atoms. The number of anilines is 1. The van der Waals surface area contributed by atoms with Crippen LogP contribution in [0.1, 0.15) is 0 Å². The predicted molar refractivity (Wildman–Crippen MR) is 55.3 cm³/mol. The average molecular weight is 211 g/mol. The summed E-state index contributed by atoms with van der Waals surface area (Å²) in [6.07, 6.45) is 1.20. The molecule has 0 saturated carbocycles. The first-order valence-electron chi connectivity index (χ1n) is 5.01. The van der Waals surface area contributed by atoms with Crippen molar-refractivity contribution < 1.29 is 9.13 Å². The van der Waals surface area contributed by atoms with Gasteiger partial charge < -0.3 is 15.4 Å². The third kappa shape index (κ3) is 3.14. The molecular weight excluding hydrogens is 197 g/mol. The number of halogens is 1. The van der Waals surface area contributed by atoms with Crippen LogP contribution in [0.25, 0.3) is 0 Å². The fraction of sp³-hybridized carbons (Fsp3) is 0.500. The summed E-state index contributed by atoms with van der Waals surface area (Å²) in [6.45, 7) is 3.08. The average Bonchev–Trinajstić information content (AvgIpc) is 2.30. The molecule has 1 aliphatic heterocycles. The van der Waals surface area contributed by atoms with Crippen LogP contribution in [0.3, 0.4) is 0 Å². The van der Waals surface area contributed by atoms with E-state index in [2.05, 4.69) is 15.6 Å². The first-order chi connectivity index (χ1) is 7.34. The SMILES string of the molecule is Fc1ccc(NCC2COCCN2)nc1. The molecule has 1 aromatic heterocycles. The lowest BCUT2D eigenvalue weighted by Crippen LogP contribution is -2.45. The lowest BCUT2D eigenvalue weighted by Gasteiger charge is -2.24. The minimum atomic E-state index is -0.320. The Morgan fingerprint density at radius 3 is 3.20 bits per heavy atom. The molecule has 1 unspecified atom stereocenters. The van der Waals surface area contributed by atoms with E-state index in [1.54, 1.807) is 6.07 Å². The molecule has 0 bridgehead atoms. The van der Waals surface area contributed by atoms with E-state index in [0.29, 0.717) is 18.5 Å². The lowest BCUT2D eigenvalue weighted by atomic mass is 10.3. The molecule has 1 atom stereocenters. The Morgan fingerprint density at radius 1 is 1.60 bits per heavy atom. The van der Waals surface area contributed by atoms with Gasteiger partial charge in [0, 0.05) is 19.1 Å². The van der Waals surface area contributed by atoms with E-state index < -0.39 is 0 Å². The third-order valence-corrected chi connectivity index (χ3v) is 2.26. The largest absolute Gasteiger partial charge is 0.378 e. The van der Waals surface area contributed by atoms with Crippen molar-refractivity contribution in [3.63, 3.8) is 0 Å². The highest BCUT2D eigenvalue weighted by molar-refractivity contribution is 5.33. The van der Waals surface area contributed by atoms with Crippen molar-refractivity contribution in [1.82, 2.24) is 10.3 Å². The van der Waals surface area contributed by atoms with E-state index >= 15 is 0 Å². The second-order valence-corrected chi connectivity index (χ2v) is 3.47. The van der Waals surface area contributed by atoms with Gasteiger partial charge >= 0.3 is 0 Å². The minimum Gasteiger partial charge on any atom is -0.378 e. The summed E-state index contributed by atoms with van der Waals surface area (Å²) in [5.41, 5.74) is 0. The van der Waals surface area contributed by atoms with Gasteiger partial charge in [-0.15, -0.1) is 0 Å². The number of nitrogens with one attached hydrogen (secondary N) is 2. The number of rotatable bonds is 3. The van der Waals surface area contributed by atoms with Crippen molar-refractivity contribution in [3.05, 3.63) is 24.1 Å².